The van der Waals surface area contributed by atoms with Gasteiger partial charge in [0.2, 0.25) is 17.7 Å². The van der Waals surface area contributed by atoms with E-state index in [0.29, 0.717) is 42.6 Å². The Balaban J connectivity index is 0.00000261. The van der Waals surface area contributed by atoms with Gasteiger partial charge in [-0.1, -0.05) is 6.07 Å². The standard InChI is InChI=1S/C18H22N4O4.ClH/c19-9-2-1-6-15(23)20-13-5-3-4-11-12(13)10-22(18(11)26)14-7-8-16(24)21-17(14)25;/h3-5,14H,1-2,6-10,19H2,(H,20,23)(H,21,24,25);1H. The van der Waals surface area contributed by atoms with E-state index < -0.39 is 11.9 Å². The fourth-order valence-corrected chi connectivity index (χ4v) is 3.35. The highest BCUT2D eigenvalue weighted by Crippen LogP contribution is 2.32. The van der Waals surface area contributed by atoms with Gasteiger partial charge in [0.15, 0.2) is 0 Å². The average molecular weight is 395 g/mol. The first-order chi connectivity index (χ1) is 12.5. The lowest BCUT2D eigenvalue weighted by Gasteiger charge is -2.29. The van der Waals surface area contributed by atoms with Crippen molar-refractivity contribution in [2.24, 2.45) is 5.73 Å². The van der Waals surface area contributed by atoms with Gasteiger partial charge in [0.25, 0.3) is 5.91 Å². The second kappa shape index (κ2) is 8.96. The van der Waals surface area contributed by atoms with E-state index in [9.17, 15) is 19.2 Å². The maximum atomic E-state index is 12.7. The number of anilines is 1. The maximum Gasteiger partial charge on any atom is 0.255 e. The van der Waals surface area contributed by atoms with E-state index >= 15 is 0 Å². The number of piperidine rings is 1. The van der Waals surface area contributed by atoms with E-state index in [0.717, 1.165) is 6.42 Å². The van der Waals surface area contributed by atoms with Crippen molar-refractivity contribution in [1.29, 1.82) is 0 Å². The van der Waals surface area contributed by atoms with Crippen LogP contribution in [0.3, 0.4) is 0 Å². The van der Waals surface area contributed by atoms with Crippen LogP contribution in [0.15, 0.2) is 18.2 Å². The minimum Gasteiger partial charge on any atom is -0.330 e. The molecular weight excluding hydrogens is 372 g/mol. The molecule has 1 atom stereocenters. The lowest BCUT2D eigenvalue weighted by atomic mass is 10.0. The molecule has 1 aromatic carbocycles. The molecule has 4 amide bonds. The van der Waals surface area contributed by atoms with E-state index in [4.69, 9.17) is 5.73 Å². The predicted octanol–water partition coefficient (Wildman–Crippen LogP) is 0.937. The second-order valence-corrected chi connectivity index (χ2v) is 6.53. The first-order valence-electron chi connectivity index (χ1n) is 8.77. The fourth-order valence-electron chi connectivity index (χ4n) is 3.35. The summed E-state index contributed by atoms with van der Waals surface area (Å²) in [5.41, 5.74) is 7.20. The molecule has 0 radical (unpaired) electrons. The second-order valence-electron chi connectivity index (χ2n) is 6.53. The molecule has 0 spiro atoms. The zero-order valence-corrected chi connectivity index (χ0v) is 15.6. The molecule has 8 nitrogen and oxygen atoms in total. The molecule has 1 aromatic rings. The summed E-state index contributed by atoms with van der Waals surface area (Å²) in [5, 5.41) is 5.13. The molecule has 146 valence electrons. The van der Waals surface area contributed by atoms with Gasteiger partial charge in [0.1, 0.15) is 6.04 Å². The van der Waals surface area contributed by atoms with Gasteiger partial charge in [-0.25, -0.2) is 0 Å². The van der Waals surface area contributed by atoms with Crippen LogP contribution >= 0.6 is 12.4 Å². The van der Waals surface area contributed by atoms with E-state index in [1.54, 1.807) is 18.2 Å². The van der Waals surface area contributed by atoms with Crippen LogP contribution < -0.4 is 16.4 Å². The SMILES string of the molecule is Cl.NCCCCC(=O)Nc1cccc2c1CN(C1CCC(=O)NC1=O)C2=O. The lowest BCUT2D eigenvalue weighted by Crippen LogP contribution is -2.52. The van der Waals surface area contributed by atoms with Crippen molar-refractivity contribution in [2.75, 3.05) is 11.9 Å². The van der Waals surface area contributed by atoms with Crippen molar-refractivity contribution in [1.82, 2.24) is 10.2 Å². The van der Waals surface area contributed by atoms with E-state index in [1.807, 2.05) is 0 Å². The number of nitrogens with zero attached hydrogens (tertiary/aromatic N) is 1. The Morgan fingerprint density at radius 2 is 2.04 bits per heavy atom. The van der Waals surface area contributed by atoms with Crippen LogP contribution in [0.25, 0.3) is 0 Å². The van der Waals surface area contributed by atoms with Crippen molar-refractivity contribution >= 4 is 41.7 Å². The molecule has 27 heavy (non-hydrogen) atoms. The summed E-state index contributed by atoms with van der Waals surface area (Å²) in [7, 11) is 0. The number of unbranched alkanes of at least 4 members (excludes halogenated alkanes) is 1. The highest BCUT2D eigenvalue weighted by molar-refractivity contribution is 6.06. The van der Waals surface area contributed by atoms with E-state index in [-0.39, 0.29) is 43.1 Å². The first kappa shape index (κ1) is 20.9. The van der Waals surface area contributed by atoms with Gasteiger partial charge in [-0.05, 0) is 37.9 Å². The lowest BCUT2D eigenvalue weighted by molar-refractivity contribution is -0.137. The quantitative estimate of drug-likeness (QED) is 0.489. The Bertz CT molecular complexity index is 768. The summed E-state index contributed by atoms with van der Waals surface area (Å²) in [5.74, 6) is -1.15. The molecule has 0 aromatic heterocycles. The third kappa shape index (κ3) is 4.45. The number of nitrogens with one attached hydrogen (secondary N) is 2. The number of halogens is 1. The molecule has 1 fully saturated rings. The van der Waals surface area contributed by atoms with E-state index in [1.165, 1.54) is 4.90 Å². The number of benzene rings is 1. The number of carbonyl (C=O) groups excluding carboxylic acids is 4. The highest BCUT2D eigenvalue weighted by Gasteiger charge is 2.39. The number of rotatable bonds is 6. The van der Waals surface area contributed by atoms with Gasteiger partial charge in [-0.2, -0.15) is 0 Å². The molecule has 2 aliphatic heterocycles. The van der Waals surface area contributed by atoms with Gasteiger partial charge in [0.05, 0.1) is 0 Å². The summed E-state index contributed by atoms with van der Waals surface area (Å²) in [4.78, 5) is 49.7. The van der Waals surface area contributed by atoms with Crippen LogP contribution in [0.2, 0.25) is 0 Å². The molecule has 1 saturated heterocycles. The molecule has 0 saturated carbocycles. The third-order valence-corrected chi connectivity index (χ3v) is 4.71. The van der Waals surface area contributed by atoms with Crippen LogP contribution in [-0.2, 0) is 20.9 Å². The van der Waals surface area contributed by atoms with Gasteiger partial charge in [-0.3, -0.25) is 24.5 Å². The van der Waals surface area contributed by atoms with Crippen molar-refractivity contribution in [3.05, 3.63) is 29.3 Å². The summed E-state index contributed by atoms with van der Waals surface area (Å²) >= 11 is 0. The number of hydrogen-bond donors (Lipinski definition) is 3. The Morgan fingerprint density at radius 1 is 1.26 bits per heavy atom. The number of carbonyl (C=O) groups is 4. The fraction of sp³-hybridized carbons (Fsp3) is 0.444. The average Bonchev–Trinajstić information content (AvgIpc) is 2.93. The molecule has 2 heterocycles. The highest BCUT2D eigenvalue weighted by atomic mass is 35.5. The van der Waals surface area contributed by atoms with Gasteiger partial charge in [0, 0.05) is 36.2 Å². The Kier molecular flexibility index (Phi) is 6.92. The number of amides is 4. The monoisotopic (exact) mass is 394 g/mol. The smallest absolute Gasteiger partial charge is 0.255 e. The predicted molar refractivity (Wildman–Crippen MR) is 101 cm³/mol. The molecule has 0 aliphatic carbocycles. The largest absolute Gasteiger partial charge is 0.330 e. The summed E-state index contributed by atoms with van der Waals surface area (Å²) in [6.45, 7) is 0.781. The normalized spacial score (nSPS) is 18.6. The summed E-state index contributed by atoms with van der Waals surface area (Å²) in [6, 6.07) is 4.48. The van der Waals surface area contributed by atoms with Crippen molar-refractivity contribution in [2.45, 2.75) is 44.7 Å². The van der Waals surface area contributed by atoms with Crippen LogP contribution in [0.1, 0.15) is 48.0 Å². The minimum atomic E-state index is -0.666. The van der Waals surface area contributed by atoms with Gasteiger partial charge < -0.3 is 16.0 Å². The summed E-state index contributed by atoms with van der Waals surface area (Å²) in [6.07, 6.45) is 2.37. The first-order valence-corrected chi connectivity index (χ1v) is 8.77. The molecule has 9 heteroatoms. The summed E-state index contributed by atoms with van der Waals surface area (Å²) < 4.78 is 0. The minimum absolute atomic E-state index is 0. The van der Waals surface area contributed by atoms with E-state index in [2.05, 4.69) is 10.6 Å². The Morgan fingerprint density at radius 3 is 2.74 bits per heavy atom. The van der Waals surface area contributed by atoms with Crippen LogP contribution in [-0.4, -0.2) is 41.1 Å². The molecule has 0 bridgehead atoms. The maximum absolute atomic E-state index is 12.7. The van der Waals surface area contributed by atoms with Gasteiger partial charge in [-0.15, -0.1) is 12.4 Å². The molecule has 3 rings (SSSR count). The Labute approximate surface area is 163 Å². The number of hydrogen-bond acceptors (Lipinski definition) is 5. The third-order valence-electron chi connectivity index (χ3n) is 4.71. The Hall–Kier alpha value is -2.45. The van der Waals surface area contributed by atoms with Crippen molar-refractivity contribution in [3.8, 4) is 0 Å². The van der Waals surface area contributed by atoms with Gasteiger partial charge >= 0.3 is 0 Å². The van der Waals surface area contributed by atoms with Crippen molar-refractivity contribution in [3.63, 3.8) is 0 Å². The molecule has 2 aliphatic rings. The number of fused-ring (bicyclic) bond motifs is 1. The topological polar surface area (TPSA) is 122 Å². The number of imide groups is 1. The molecule has 4 N–H and O–H groups in total. The van der Waals surface area contributed by atoms with Crippen molar-refractivity contribution < 1.29 is 19.2 Å². The van der Waals surface area contributed by atoms with Crippen LogP contribution in [0, 0.1) is 0 Å². The molecular formula is C18H23ClN4O4. The number of nitrogens with two attached hydrogens (primary N) is 1. The van der Waals surface area contributed by atoms with Crippen LogP contribution in [0.4, 0.5) is 5.69 Å². The zero-order chi connectivity index (χ0) is 18.7. The van der Waals surface area contributed by atoms with Crippen LogP contribution in [0.5, 0.6) is 0 Å². The molecule has 1 unspecified atom stereocenters. The zero-order valence-electron chi connectivity index (χ0n) is 14.8.